The Labute approximate surface area is 135 Å². The molecule has 1 heterocycles. The lowest BCUT2D eigenvalue weighted by molar-refractivity contribution is -0.168. The van der Waals surface area contributed by atoms with E-state index in [1.165, 1.54) is 4.90 Å². The second-order valence-electron chi connectivity index (χ2n) is 5.55. The fraction of sp³-hybridized carbons (Fsp3) is 0.471. The first-order chi connectivity index (χ1) is 11.0. The summed E-state index contributed by atoms with van der Waals surface area (Å²) in [5.74, 6) is -1.23. The standard InChI is InChI=1S/C17H21NO5/c1-3-12(2)18(14-9-10-15(19)23-16(14)20)17(21)22-11-13-7-5-4-6-8-13/h4-8,12,14H,3,9-11H2,1-2H3/t12?,14-/m0/s1. The maximum Gasteiger partial charge on any atom is 0.411 e. The van der Waals surface area contributed by atoms with Crippen LogP contribution in [-0.2, 0) is 25.7 Å². The van der Waals surface area contributed by atoms with Crippen LogP contribution in [0, 0.1) is 0 Å². The molecule has 1 aromatic rings. The van der Waals surface area contributed by atoms with E-state index < -0.39 is 24.1 Å². The van der Waals surface area contributed by atoms with Gasteiger partial charge in [0.15, 0.2) is 0 Å². The van der Waals surface area contributed by atoms with E-state index in [4.69, 9.17) is 4.74 Å². The number of ether oxygens (including phenoxy) is 2. The Hall–Kier alpha value is -2.37. The van der Waals surface area contributed by atoms with Gasteiger partial charge in [0.25, 0.3) is 0 Å². The number of carbonyl (C=O) groups is 3. The summed E-state index contributed by atoms with van der Waals surface area (Å²) in [6.07, 6.45) is 0.482. The summed E-state index contributed by atoms with van der Waals surface area (Å²) in [4.78, 5) is 37.0. The maximum absolute atomic E-state index is 12.5. The van der Waals surface area contributed by atoms with Crippen LogP contribution in [-0.4, -0.2) is 35.0 Å². The molecule has 0 radical (unpaired) electrons. The first-order valence-corrected chi connectivity index (χ1v) is 7.76. The highest BCUT2D eigenvalue weighted by atomic mass is 16.6. The van der Waals surface area contributed by atoms with Gasteiger partial charge >= 0.3 is 18.0 Å². The van der Waals surface area contributed by atoms with E-state index in [-0.39, 0.29) is 25.5 Å². The van der Waals surface area contributed by atoms with Gasteiger partial charge in [0.1, 0.15) is 12.6 Å². The molecule has 1 amide bonds. The Balaban J connectivity index is 2.06. The van der Waals surface area contributed by atoms with E-state index in [1.54, 1.807) is 0 Å². The van der Waals surface area contributed by atoms with E-state index in [2.05, 4.69) is 4.74 Å². The topological polar surface area (TPSA) is 72.9 Å². The zero-order valence-corrected chi connectivity index (χ0v) is 13.4. The fourth-order valence-electron chi connectivity index (χ4n) is 2.46. The van der Waals surface area contributed by atoms with Gasteiger partial charge in [-0.15, -0.1) is 0 Å². The van der Waals surface area contributed by atoms with Crippen LogP contribution in [0.25, 0.3) is 0 Å². The fourth-order valence-corrected chi connectivity index (χ4v) is 2.46. The lowest BCUT2D eigenvalue weighted by Gasteiger charge is -2.35. The van der Waals surface area contributed by atoms with Gasteiger partial charge in [-0.25, -0.2) is 9.59 Å². The monoisotopic (exact) mass is 319 g/mol. The van der Waals surface area contributed by atoms with Crippen molar-refractivity contribution < 1.29 is 23.9 Å². The third-order valence-electron chi connectivity index (χ3n) is 3.93. The molecule has 1 aliphatic heterocycles. The molecular formula is C17H21NO5. The molecule has 0 aliphatic carbocycles. The van der Waals surface area contributed by atoms with Crippen molar-refractivity contribution in [1.82, 2.24) is 4.90 Å². The number of carbonyl (C=O) groups excluding carboxylic acids is 3. The Morgan fingerprint density at radius 2 is 2.04 bits per heavy atom. The van der Waals surface area contributed by atoms with Gasteiger partial charge in [-0.1, -0.05) is 37.3 Å². The first-order valence-electron chi connectivity index (χ1n) is 7.76. The summed E-state index contributed by atoms with van der Waals surface area (Å²) in [6.45, 7) is 3.89. The van der Waals surface area contributed by atoms with Gasteiger partial charge < -0.3 is 9.47 Å². The largest absolute Gasteiger partial charge is 0.445 e. The average Bonchev–Trinajstić information content (AvgIpc) is 2.56. The SMILES string of the molecule is CCC(C)N(C(=O)OCc1ccccc1)[C@H]1CCC(=O)OC1=O. The third kappa shape index (κ3) is 4.31. The van der Waals surface area contributed by atoms with E-state index >= 15 is 0 Å². The number of rotatable bonds is 5. The number of nitrogens with zero attached hydrogens (tertiary/aromatic N) is 1. The zero-order valence-electron chi connectivity index (χ0n) is 13.4. The molecule has 1 fully saturated rings. The summed E-state index contributed by atoms with van der Waals surface area (Å²) < 4.78 is 10.00. The smallest absolute Gasteiger partial charge is 0.411 e. The molecule has 1 saturated heterocycles. The molecule has 6 nitrogen and oxygen atoms in total. The number of hydrogen-bond acceptors (Lipinski definition) is 5. The van der Waals surface area contributed by atoms with Crippen LogP contribution in [0.15, 0.2) is 30.3 Å². The predicted molar refractivity (Wildman–Crippen MR) is 82.3 cm³/mol. The van der Waals surface area contributed by atoms with E-state index in [0.29, 0.717) is 6.42 Å². The molecule has 0 spiro atoms. The van der Waals surface area contributed by atoms with Crippen LogP contribution in [0.2, 0.25) is 0 Å². The van der Waals surface area contributed by atoms with Gasteiger partial charge in [-0.05, 0) is 25.3 Å². The van der Waals surface area contributed by atoms with Gasteiger partial charge in [0.2, 0.25) is 0 Å². The highest BCUT2D eigenvalue weighted by Gasteiger charge is 2.39. The highest BCUT2D eigenvalue weighted by molar-refractivity contribution is 5.93. The first kappa shape index (κ1) is 17.0. The summed E-state index contributed by atoms with van der Waals surface area (Å²) in [5.41, 5.74) is 0.867. The van der Waals surface area contributed by atoms with Crippen molar-refractivity contribution >= 4 is 18.0 Å². The molecule has 6 heteroatoms. The van der Waals surface area contributed by atoms with Gasteiger partial charge in [0.05, 0.1) is 0 Å². The Morgan fingerprint density at radius 1 is 1.35 bits per heavy atom. The molecule has 2 atom stereocenters. The predicted octanol–water partition coefficient (Wildman–Crippen LogP) is 2.66. The Morgan fingerprint density at radius 3 is 2.65 bits per heavy atom. The van der Waals surface area contributed by atoms with Gasteiger partial charge in [-0.3, -0.25) is 9.69 Å². The van der Waals surface area contributed by atoms with Crippen LogP contribution >= 0.6 is 0 Å². The van der Waals surface area contributed by atoms with Crippen LogP contribution in [0.4, 0.5) is 4.79 Å². The van der Waals surface area contributed by atoms with Crippen molar-refractivity contribution in [2.75, 3.05) is 0 Å². The van der Waals surface area contributed by atoms with Gasteiger partial charge in [0, 0.05) is 12.5 Å². The quantitative estimate of drug-likeness (QED) is 0.616. The van der Waals surface area contributed by atoms with Crippen LogP contribution < -0.4 is 0 Å². The number of esters is 2. The molecule has 0 saturated carbocycles. The zero-order chi connectivity index (χ0) is 16.8. The number of amides is 1. The lowest BCUT2D eigenvalue weighted by Crippen LogP contribution is -2.52. The van der Waals surface area contributed by atoms with Crippen molar-refractivity contribution in [1.29, 1.82) is 0 Å². The minimum absolute atomic E-state index is 0.120. The summed E-state index contributed by atoms with van der Waals surface area (Å²) in [5, 5.41) is 0. The molecule has 23 heavy (non-hydrogen) atoms. The highest BCUT2D eigenvalue weighted by Crippen LogP contribution is 2.21. The lowest BCUT2D eigenvalue weighted by atomic mass is 10.1. The van der Waals surface area contributed by atoms with Crippen LogP contribution in [0.1, 0.15) is 38.7 Å². The minimum atomic E-state index is -0.772. The Bertz CT molecular complexity index is 572. The van der Waals surface area contributed by atoms with E-state index in [0.717, 1.165) is 5.56 Å². The number of hydrogen-bond donors (Lipinski definition) is 0. The van der Waals surface area contributed by atoms with Crippen LogP contribution in [0.3, 0.4) is 0 Å². The molecule has 1 aliphatic rings. The van der Waals surface area contributed by atoms with Crippen molar-refractivity contribution in [3.63, 3.8) is 0 Å². The average molecular weight is 319 g/mol. The second-order valence-corrected chi connectivity index (χ2v) is 5.55. The summed E-state index contributed by atoms with van der Waals surface area (Å²) >= 11 is 0. The summed E-state index contributed by atoms with van der Waals surface area (Å²) in [6, 6.07) is 8.35. The number of cyclic esters (lactones) is 2. The molecule has 1 unspecified atom stereocenters. The molecule has 0 N–H and O–H groups in total. The Kier molecular flexibility index (Phi) is 5.73. The number of benzene rings is 1. The van der Waals surface area contributed by atoms with E-state index in [1.807, 2.05) is 44.2 Å². The van der Waals surface area contributed by atoms with E-state index in [9.17, 15) is 14.4 Å². The molecule has 1 aromatic carbocycles. The molecule has 124 valence electrons. The van der Waals surface area contributed by atoms with Crippen molar-refractivity contribution in [2.45, 2.75) is 51.8 Å². The maximum atomic E-state index is 12.5. The summed E-state index contributed by atoms with van der Waals surface area (Å²) in [7, 11) is 0. The molecule has 0 bridgehead atoms. The molecule has 0 aromatic heterocycles. The molecule has 2 rings (SSSR count). The third-order valence-corrected chi connectivity index (χ3v) is 3.93. The van der Waals surface area contributed by atoms with Crippen LogP contribution in [0.5, 0.6) is 0 Å². The normalized spacial score (nSPS) is 19.0. The second kappa shape index (κ2) is 7.76. The van der Waals surface area contributed by atoms with Crippen molar-refractivity contribution in [2.24, 2.45) is 0 Å². The van der Waals surface area contributed by atoms with Crippen molar-refractivity contribution in [3.05, 3.63) is 35.9 Å². The minimum Gasteiger partial charge on any atom is -0.445 e. The van der Waals surface area contributed by atoms with Crippen molar-refractivity contribution in [3.8, 4) is 0 Å². The molecular weight excluding hydrogens is 298 g/mol. The van der Waals surface area contributed by atoms with Gasteiger partial charge in [-0.2, -0.15) is 0 Å².